The summed E-state index contributed by atoms with van der Waals surface area (Å²) < 4.78 is 0.829. The van der Waals surface area contributed by atoms with E-state index in [2.05, 4.69) is 41.4 Å². The van der Waals surface area contributed by atoms with Gasteiger partial charge < -0.3 is 0 Å². The van der Waals surface area contributed by atoms with Crippen molar-refractivity contribution in [1.82, 2.24) is 0 Å². The standard InChI is InChI=1S/C12H12INO2/c1-2-3-4-5-7-10-11(13)8-6-9-12(10)14(15)16/h6,8-9H,2-4H2,1H3. The molecule has 0 heterocycles. The molecule has 0 fully saturated rings. The molecule has 0 amide bonds. The van der Waals surface area contributed by atoms with E-state index in [0.717, 1.165) is 22.8 Å². The summed E-state index contributed by atoms with van der Waals surface area (Å²) in [4.78, 5) is 10.4. The fourth-order valence-corrected chi connectivity index (χ4v) is 1.82. The maximum absolute atomic E-state index is 10.8. The largest absolute Gasteiger partial charge is 0.286 e. The summed E-state index contributed by atoms with van der Waals surface area (Å²) in [5.74, 6) is 5.88. The van der Waals surface area contributed by atoms with Crippen LogP contribution in [0.2, 0.25) is 0 Å². The van der Waals surface area contributed by atoms with E-state index in [1.165, 1.54) is 6.07 Å². The van der Waals surface area contributed by atoms with Gasteiger partial charge in [0, 0.05) is 16.1 Å². The quantitative estimate of drug-likeness (QED) is 0.279. The van der Waals surface area contributed by atoms with Gasteiger partial charge in [-0.3, -0.25) is 10.1 Å². The zero-order valence-corrected chi connectivity index (χ0v) is 11.2. The second kappa shape index (κ2) is 6.48. The van der Waals surface area contributed by atoms with Gasteiger partial charge in [0.1, 0.15) is 5.56 Å². The third-order valence-electron chi connectivity index (χ3n) is 2.06. The Labute approximate surface area is 109 Å². The number of halogens is 1. The fourth-order valence-electron chi connectivity index (χ4n) is 1.20. The van der Waals surface area contributed by atoms with Gasteiger partial charge >= 0.3 is 0 Å². The fraction of sp³-hybridized carbons (Fsp3) is 0.333. The van der Waals surface area contributed by atoms with Crippen LogP contribution in [0.1, 0.15) is 31.7 Å². The van der Waals surface area contributed by atoms with E-state index in [9.17, 15) is 10.1 Å². The van der Waals surface area contributed by atoms with Crippen LogP contribution in [0.25, 0.3) is 0 Å². The monoisotopic (exact) mass is 329 g/mol. The Kier molecular flexibility index (Phi) is 5.26. The van der Waals surface area contributed by atoms with Crippen molar-refractivity contribution in [3.8, 4) is 11.8 Å². The van der Waals surface area contributed by atoms with Gasteiger partial charge in [0.15, 0.2) is 0 Å². The maximum Gasteiger partial charge on any atom is 0.286 e. The molecule has 1 aromatic carbocycles. The summed E-state index contributed by atoms with van der Waals surface area (Å²) >= 11 is 2.07. The zero-order valence-electron chi connectivity index (χ0n) is 9.00. The van der Waals surface area contributed by atoms with Gasteiger partial charge in [-0.1, -0.05) is 31.3 Å². The molecule has 3 nitrogen and oxygen atoms in total. The van der Waals surface area contributed by atoms with Crippen LogP contribution in [-0.2, 0) is 0 Å². The molecule has 0 aliphatic rings. The average molecular weight is 329 g/mol. The molecule has 0 saturated carbocycles. The summed E-state index contributed by atoms with van der Waals surface area (Å²) in [5.41, 5.74) is 0.625. The normalized spacial score (nSPS) is 9.38. The molecule has 0 atom stereocenters. The first-order valence-corrected chi connectivity index (χ1v) is 6.16. The van der Waals surface area contributed by atoms with Crippen LogP contribution in [0.15, 0.2) is 18.2 Å². The Bertz CT molecular complexity index is 446. The topological polar surface area (TPSA) is 43.1 Å². The molecule has 0 bridgehead atoms. The Morgan fingerprint density at radius 3 is 2.88 bits per heavy atom. The number of nitro benzene ring substituents is 1. The highest BCUT2D eigenvalue weighted by Crippen LogP contribution is 2.22. The van der Waals surface area contributed by atoms with Gasteiger partial charge in [-0.25, -0.2) is 0 Å². The summed E-state index contributed by atoms with van der Waals surface area (Å²) in [5, 5.41) is 10.8. The lowest BCUT2D eigenvalue weighted by molar-refractivity contribution is -0.385. The van der Waals surface area contributed by atoms with Crippen LogP contribution in [0.4, 0.5) is 5.69 Å². The number of nitrogens with zero attached hydrogens (tertiary/aromatic N) is 1. The number of hydrogen-bond donors (Lipinski definition) is 0. The first kappa shape index (κ1) is 13.0. The highest BCUT2D eigenvalue weighted by molar-refractivity contribution is 14.1. The molecule has 0 spiro atoms. The number of unbranched alkanes of at least 4 members (excludes halogenated alkanes) is 2. The van der Waals surface area contributed by atoms with Crippen LogP contribution < -0.4 is 0 Å². The van der Waals surface area contributed by atoms with E-state index in [1.54, 1.807) is 6.07 Å². The second-order valence-electron chi connectivity index (χ2n) is 3.30. The van der Waals surface area contributed by atoms with E-state index in [0.29, 0.717) is 5.56 Å². The Morgan fingerprint density at radius 2 is 2.25 bits per heavy atom. The molecule has 0 N–H and O–H groups in total. The highest BCUT2D eigenvalue weighted by atomic mass is 127. The molecule has 1 rings (SSSR count). The lowest BCUT2D eigenvalue weighted by Crippen LogP contribution is -1.94. The maximum atomic E-state index is 10.8. The van der Waals surface area contributed by atoms with Crippen molar-refractivity contribution in [2.24, 2.45) is 0 Å². The van der Waals surface area contributed by atoms with Gasteiger partial charge in [-0.15, -0.1) is 0 Å². The number of rotatable bonds is 3. The summed E-state index contributed by atoms with van der Waals surface area (Å²) in [6.45, 7) is 2.09. The number of nitro groups is 1. The number of hydrogen-bond acceptors (Lipinski definition) is 2. The van der Waals surface area contributed by atoms with Gasteiger partial charge in [0.25, 0.3) is 5.69 Å². The van der Waals surface area contributed by atoms with E-state index in [4.69, 9.17) is 0 Å². The lowest BCUT2D eigenvalue weighted by Gasteiger charge is -1.97. The van der Waals surface area contributed by atoms with Crippen molar-refractivity contribution >= 4 is 28.3 Å². The van der Waals surface area contributed by atoms with Crippen LogP contribution in [0, 0.1) is 25.5 Å². The third-order valence-corrected chi connectivity index (χ3v) is 2.96. The molecule has 16 heavy (non-hydrogen) atoms. The Morgan fingerprint density at radius 1 is 1.50 bits per heavy atom. The minimum atomic E-state index is -0.383. The van der Waals surface area contributed by atoms with E-state index in [-0.39, 0.29) is 10.6 Å². The molecular weight excluding hydrogens is 317 g/mol. The molecule has 4 heteroatoms. The molecule has 84 valence electrons. The molecule has 0 radical (unpaired) electrons. The van der Waals surface area contributed by atoms with Crippen molar-refractivity contribution in [3.63, 3.8) is 0 Å². The molecule has 0 aliphatic carbocycles. The second-order valence-corrected chi connectivity index (χ2v) is 4.46. The first-order chi connectivity index (χ1) is 7.66. The molecular formula is C12H12INO2. The SMILES string of the molecule is CCCCC#Cc1c(I)cccc1[N+](=O)[O-]. The van der Waals surface area contributed by atoms with Gasteiger partial charge in [0.05, 0.1) is 4.92 Å². The predicted octanol–water partition coefficient (Wildman–Crippen LogP) is 3.74. The average Bonchev–Trinajstić information content (AvgIpc) is 2.25. The Balaban J connectivity index is 3.00. The number of benzene rings is 1. The van der Waals surface area contributed by atoms with Gasteiger partial charge in [0.2, 0.25) is 0 Å². The smallest absolute Gasteiger partial charge is 0.258 e. The van der Waals surface area contributed by atoms with E-state index in [1.807, 2.05) is 6.07 Å². The molecule has 1 aromatic rings. The summed E-state index contributed by atoms with van der Waals surface area (Å²) in [7, 11) is 0. The molecule has 0 aliphatic heterocycles. The molecule has 0 aromatic heterocycles. The van der Waals surface area contributed by atoms with E-state index >= 15 is 0 Å². The van der Waals surface area contributed by atoms with Gasteiger partial charge in [-0.05, 0) is 35.1 Å². The van der Waals surface area contributed by atoms with Crippen molar-refractivity contribution < 1.29 is 4.92 Å². The third kappa shape index (κ3) is 3.49. The van der Waals surface area contributed by atoms with Gasteiger partial charge in [-0.2, -0.15) is 0 Å². The molecule has 0 unspecified atom stereocenters. The van der Waals surface area contributed by atoms with Crippen LogP contribution >= 0.6 is 22.6 Å². The summed E-state index contributed by atoms with van der Waals surface area (Å²) in [6.07, 6.45) is 2.91. The van der Waals surface area contributed by atoms with E-state index < -0.39 is 0 Å². The highest BCUT2D eigenvalue weighted by Gasteiger charge is 2.13. The minimum Gasteiger partial charge on any atom is -0.258 e. The zero-order chi connectivity index (χ0) is 12.0. The Hall–Kier alpha value is -1.09. The minimum absolute atomic E-state index is 0.0934. The van der Waals surface area contributed by atoms with Crippen LogP contribution in [0.3, 0.4) is 0 Å². The predicted molar refractivity (Wildman–Crippen MR) is 72.2 cm³/mol. The van der Waals surface area contributed by atoms with Crippen LogP contribution in [0.5, 0.6) is 0 Å². The lowest BCUT2D eigenvalue weighted by atomic mass is 10.1. The summed E-state index contributed by atoms with van der Waals surface area (Å²) in [6, 6.07) is 5.00. The van der Waals surface area contributed by atoms with Crippen molar-refractivity contribution in [1.29, 1.82) is 0 Å². The van der Waals surface area contributed by atoms with Crippen molar-refractivity contribution in [2.45, 2.75) is 26.2 Å². The molecule has 0 saturated heterocycles. The van der Waals surface area contributed by atoms with Crippen LogP contribution in [-0.4, -0.2) is 4.92 Å². The van der Waals surface area contributed by atoms with Crippen molar-refractivity contribution in [3.05, 3.63) is 37.4 Å². The first-order valence-electron chi connectivity index (χ1n) is 5.08. The van der Waals surface area contributed by atoms with Crippen molar-refractivity contribution in [2.75, 3.05) is 0 Å².